The van der Waals surface area contributed by atoms with Crippen molar-refractivity contribution in [1.82, 2.24) is 3.96 Å². The third kappa shape index (κ3) is 1.78. The number of fused-ring (bicyclic) bond motifs is 1. The highest BCUT2D eigenvalue weighted by molar-refractivity contribution is 7.80. The minimum absolute atomic E-state index is 0.00657. The number of nitrogens with zero attached hydrogens (tertiary/aromatic N) is 1. The van der Waals surface area contributed by atoms with Crippen molar-refractivity contribution in [3.05, 3.63) is 34.6 Å². The van der Waals surface area contributed by atoms with Crippen molar-refractivity contribution < 1.29 is 0 Å². The molecule has 1 heterocycles. The molecule has 1 aromatic carbocycles. The van der Waals surface area contributed by atoms with Crippen LogP contribution < -0.4 is 11.3 Å². The van der Waals surface area contributed by atoms with Crippen molar-refractivity contribution in [1.29, 1.82) is 0 Å². The zero-order valence-corrected chi connectivity index (χ0v) is 12.1. The summed E-state index contributed by atoms with van der Waals surface area (Å²) in [6, 6.07) is 7.61. The monoisotopic (exact) mass is 280 g/mol. The van der Waals surface area contributed by atoms with Gasteiger partial charge in [-0.1, -0.05) is 49.7 Å². The average Bonchev–Trinajstić information content (AvgIpc) is 2.70. The van der Waals surface area contributed by atoms with Gasteiger partial charge in [-0.25, -0.2) is 3.96 Å². The fraction of sp³-hybridized carbons (Fsp3) is 0.385. The van der Waals surface area contributed by atoms with E-state index in [0.717, 1.165) is 22.9 Å². The molecule has 0 spiro atoms. The summed E-state index contributed by atoms with van der Waals surface area (Å²) >= 11 is 6.64. The normalized spacial score (nSPS) is 11.9. The van der Waals surface area contributed by atoms with Gasteiger partial charge in [0.2, 0.25) is 0 Å². The quantitative estimate of drug-likeness (QED) is 0.876. The number of hydrogen-bond donors (Lipinski definition) is 1. The maximum Gasteiger partial charge on any atom is 0.269 e. The van der Waals surface area contributed by atoms with Crippen LogP contribution in [0.3, 0.4) is 0 Å². The van der Waals surface area contributed by atoms with Crippen LogP contribution >= 0.6 is 23.8 Å². The summed E-state index contributed by atoms with van der Waals surface area (Å²) < 4.78 is 2.73. The number of aromatic nitrogens is 1. The van der Waals surface area contributed by atoms with Crippen LogP contribution in [-0.2, 0) is 5.54 Å². The van der Waals surface area contributed by atoms with Crippen molar-refractivity contribution in [2.45, 2.75) is 32.2 Å². The van der Waals surface area contributed by atoms with Gasteiger partial charge in [-0.3, -0.25) is 4.79 Å². The standard InChI is InChI=1S/C13H16N2OS2/c1-3-13(4-2,12(14)17)15-11(16)9-7-5-6-8-10(9)18-15/h5-8H,3-4H2,1-2H3,(H2,14,17). The zero-order valence-electron chi connectivity index (χ0n) is 10.5. The molecule has 2 aromatic rings. The fourth-order valence-corrected chi connectivity index (χ4v) is 3.98. The maximum atomic E-state index is 12.5. The maximum absolute atomic E-state index is 12.5. The van der Waals surface area contributed by atoms with Crippen molar-refractivity contribution in [2.24, 2.45) is 5.73 Å². The Bertz CT molecular complexity index is 638. The molecular formula is C13H16N2OS2. The summed E-state index contributed by atoms with van der Waals surface area (Å²) in [5.74, 6) is 0. The Morgan fingerprint density at radius 2 is 2.00 bits per heavy atom. The summed E-state index contributed by atoms with van der Waals surface area (Å²) in [5.41, 5.74) is 5.37. The highest BCUT2D eigenvalue weighted by atomic mass is 32.1. The molecule has 0 radical (unpaired) electrons. The van der Waals surface area contributed by atoms with E-state index in [2.05, 4.69) is 0 Å². The molecule has 18 heavy (non-hydrogen) atoms. The van der Waals surface area contributed by atoms with Crippen molar-refractivity contribution in [2.75, 3.05) is 0 Å². The van der Waals surface area contributed by atoms with Gasteiger partial charge in [0, 0.05) is 0 Å². The molecule has 0 fully saturated rings. The lowest BCUT2D eigenvalue weighted by molar-refractivity contribution is 0.397. The summed E-state index contributed by atoms with van der Waals surface area (Å²) in [5, 5.41) is 0.741. The molecule has 0 aliphatic rings. The topological polar surface area (TPSA) is 48.0 Å². The first-order chi connectivity index (χ1) is 8.56. The Labute approximate surface area is 115 Å². The van der Waals surface area contributed by atoms with E-state index < -0.39 is 5.54 Å². The molecule has 0 unspecified atom stereocenters. The molecule has 5 heteroatoms. The van der Waals surface area contributed by atoms with E-state index in [1.807, 2.05) is 38.1 Å². The molecule has 0 bridgehead atoms. The van der Waals surface area contributed by atoms with E-state index in [1.54, 1.807) is 3.96 Å². The second-order valence-corrected chi connectivity index (χ2v) is 5.72. The minimum atomic E-state index is -0.532. The van der Waals surface area contributed by atoms with E-state index in [4.69, 9.17) is 18.0 Å². The van der Waals surface area contributed by atoms with Crippen LogP contribution in [0.25, 0.3) is 10.1 Å². The van der Waals surface area contributed by atoms with Gasteiger partial charge in [0.1, 0.15) is 10.5 Å². The fourth-order valence-electron chi connectivity index (χ4n) is 2.24. The van der Waals surface area contributed by atoms with Gasteiger partial charge < -0.3 is 5.73 Å². The highest BCUT2D eigenvalue weighted by Crippen LogP contribution is 2.29. The lowest BCUT2D eigenvalue weighted by atomic mass is 9.93. The minimum Gasteiger partial charge on any atom is -0.391 e. The number of rotatable bonds is 4. The SMILES string of the molecule is CCC(CC)(C(N)=S)n1sc2ccccc2c1=O. The average molecular weight is 280 g/mol. The number of benzene rings is 1. The molecule has 2 rings (SSSR count). The Hall–Kier alpha value is -1.20. The van der Waals surface area contributed by atoms with Crippen LogP contribution in [0, 0.1) is 0 Å². The van der Waals surface area contributed by atoms with E-state index in [9.17, 15) is 4.79 Å². The van der Waals surface area contributed by atoms with Crippen LogP contribution in [-0.4, -0.2) is 8.95 Å². The first-order valence-electron chi connectivity index (χ1n) is 5.98. The largest absolute Gasteiger partial charge is 0.391 e. The van der Waals surface area contributed by atoms with Crippen LogP contribution in [0.15, 0.2) is 29.1 Å². The van der Waals surface area contributed by atoms with Gasteiger partial charge in [-0.05, 0) is 25.0 Å². The van der Waals surface area contributed by atoms with Gasteiger partial charge in [-0.2, -0.15) is 0 Å². The smallest absolute Gasteiger partial charge is 0.269 e. The predicted molar refractivity (Wildman–Crippen MR) is 81.4 cm³/mol. The second kappa shape index (κ2) is 4.82. The van der Waals surface area contributed by atoms with Gasteiger partial charge in [0.05, 0.1) is 10.1 Å². The van der Waals surface area contributed by atoms with Crippen LogP contribution in [0.5, 0.6) is 0 Å². The Balaban J connectivity index is 2.77. The first-order valence-corrected chi connectivity index (χ1v) is 7.16. The lowest BCUT2D eigenvalue weighted by Gasteiger charge is -2.30. The summed E-state index contributed by atoms with van der Waals surface area (Å²) in [7, 11) is 0. The molecular weight excluding hydrogens is 264 g/mol. The third-order valence-electron chi connectivity index (χ3n) is 3.51. The van der Waals surface area contributed by atoms with E-state index in [-0.39, 0.29) is 5.56 Å². The predicted octanol–water partition coefficient (Wildman–Crippen LogP) is 2.86. The molecule has 3 nitrogen and oxygen atoms in total. The first kappa shape index (κ1) is 13.2. The molecule has 0 amide bonds. The van der Waals surface area contributed by atoms with E-state index in [0.29, 0.717) is 4.99 Å². The van der Waals surface area contributed by atoms with Crippen LogP contribution in [0.4, 0.5) is 0 Å². The van der Waals surface area contributed by atoms with Gasteiger partial charge in [-0.15, -0.1) is 0 Å². The molecule has 96 valence electrons. The molecule has 2 N–H and O–H groups in total. The van der Waals surface area contributed by atoms with E-state index >= 15 is 0 Å². The van der Waals surface area contributed by atoms with Crippen LogP contribution in [0.2, 0.25) is 0 Å². The summed E-state index contributed by atoms with van der Waals surface area (Å²) in [6.45, 7) is 4.03. The van der Waals surface area contributed by atoms with Gasteiger partial charge in [0.15, 0.2) is 0 Å². The molecule has 0 aliphatic carbocycles. The van der Waals surface area contributed by atoms with E-state index in [1.165, 1.54) is 11.5 Å². The third-order valence-corrected chi connectivity index (χ3v) is 5.14. The van der Waals surface area contributed by atoms with Crippen LogP contribution in [0.1, 0.15) is 26.7 Å². The van der Waals surface area contributed by atoms with Gasteiger partial charge >= 0.3 is 0 Å². The Morgan fingerprint density at radius 3 is 2.50 bits per heavy atom. The Morgan fingerprint density at radius 1 is 1.39 bits per heavy atom. The molecule has 0 atom stereocenters. The molecule has 0 saturated carbocycles. The Kier molecular flexibility index (Phi) is 3.54. The number of hydrogen-bond acceptors (Lipinski definition) is 3. The number of thiocarbonyl (C=S) groups is 1. The van der Waals surface area contributed by atoms with Crippen molar-refractivity contribution in [3.8, 4) is 0 Å². The van der Waals surface area contributed by atoms with Gasteiger partial charge in [0.25, 0.3) is 5.56 Å². The molecule has 0 saturated heterocycles. The lowest BCUT2D eigenvalue weighted by Crippen LogP contribution is -2.47. The second-order valence-electron chi connectivity index (χ2n) is 4.29. The number of nitrogens with two attached hydrogens (primary N) is 1. The van der Waals surface area contributed by atoms with Crippen molar-refractivity contribution >= 4 is 38.8 Å². The summed E-state index contributed by atoms with van der Waals surface area (Å²) in [6.07, 6.45) is 1.46. The zero-order chi connectivity index (χ0) is 13.3. The van der Waals surface area contributed by atoms with Crippen molar-refractivity contribution in [3.63, 3.8) is 0 Å². The highest BCUT2D eigenvalue weighted by Gasteiger charge is 2.34. The molecule has 0 aliphatic heterocycles. The summed E-state index contributed by atoms with van der Waals surface area (Å²) in [4.78, 5) is 12.8. The molecule has 1 aromatic heterocycles.